The topological polar surface area (TPSA) is 42.7 Å². The molecule has 4 nitrogen and oxygen atoms in total. The van der Waals surface area contributed by atoms with Gasteiger partial charge in [0.1, 0.15) is 12.7 Å². The minimum atomic E-state index is 0. The van der Waals surface area contributed by atoms with Crippen molar-refractivity contribution in [1.82, 2.24) is 20.1 Å². The summed E-state index contributed by atoms with van der Waals surface area (Å²) >= 11 is 0. The molecular formula is C7H13ClN4. The van der Waals surface area contributed by atoms with Crippen LogP contribution in [0.1, 0.15) is 18.9 Å². The van der Waals surface area contributed by atoms with Crippen LogP contribution in [0, 0.1) is 0 Å². The molecule has 0 amide bonds. The van der Waals surface area contributed by atoms with Crippen molar-refractivity contribution in [3.63, 3.8) is 0 Å². The molecule has 68 valence electrons. The molecular weight excluding hydrogens is 176 g/mol. The smallest absolute Gasteiger partial charge is 0.137 e. The van der Waals surface area contributed by atoms with E-state index >= 15 is 0 Å². The Labute approximate surface area is 77.8 Å². The van der Waals surface area contributed by atoms with E-state index in [0.717, 1.165) is 13.1 Å². The van der Waals surface area contributed by atoms with Crippen LogP contribution >= 0.6 is 12.4 Å². The first kappa shape index (κ1) is 9.48. The van der Waals surface area contributed by atoms with E-state index in [1.54, 1.807) is 12.7 Å². The zero-order valence-corrected chi connectivity index (χ0v) is 7.63. The lowest BCUT2D eigenvalue weighted by Crippen LogP contribution is -2.31. The van der Waals surface area contributed by atoms with Crippen LogP contribution in [0.2, 0.25) is 0 Å². The molecule has 0 spiro atoms. The molecule has 1 fully saturated rings. The number of rotatable bonds is 1. The Kier molecular flexibility index (Phi) is 3.49. The molecule has 1 aliphatic heterocycles. The van der Waals surface area contributed by atoms with Crippen LogP contribution in [-0.2, 0) is 0 Å². The van der Waals surface area contributed by atoms with Crippen molar-refractivity contribution < 1.29 is 0 Å². The maximum Gasteiger partial charge on any atom is 0.137 e. The Morgan fingerprint density at radius 3 is 3.00 bits per heavy atom. The highest BCUT2D eigenvalue weighted by Crippen LogP contribution is 2.13. The van der Waals surface area contributed by atoms with Gasteiger partial charge in [-0.05, 0) is 19.4 Å². The number of hydrogen-bond acceptors (Lipinski definition) is 3. The number of hydrogen-bond donors (Lipinski definition) is 1. The average molecular weight is 189 g/mol. The first-order chi connectivity index (χ1) is 5.47. The highest BCUT2D eigenvalue weighted by atomic mass is 35.5. The van der Waals surface area contributed by atoms with E-state index in [4.69, 9.17) is 0 Å². The molecule has 1 saturated heterocycles. The maximum atomic E-state index is 4.11. The molecule has 1 N–H and O–H groups in total. The van der Waals surface area contributed by atoms with Gasteiger partial charge in [-0.25, -0.2) is 9.67 Å². The van der Waals surface area contributed by atoms with Crippen molar-refractivity contribution in [2.45, 2.75) is 18.9 Å². The molecule has 2 heterocycles. The van der Waals surface area contributed by atoms with Gasteiger partial charge in [0, 0.05) is 6.54 Å². The molecule has 5 heteroatoms. The summed E-state index contributed by atoms with van der Waals surface area (Å²) in [6.45, 7) is 2.18. The Hall–Kier alpha value is -0.610. The minimum absolute atomic E-state index is 0. The van der Waals surface area contributed by atoms with Crippen LogP contribution in [0.3, 0.4) is 0 Å². The third-order valence-corrected chi connectivity index (χ3v) is 2.08. The summed E-state index contributed by atoms with van der Waals surface area (Å²) in [5.74, 6) is 0. The summed E-state index contributed by atoms with van der Waals surface area (Å²) in [5.41, 5.74) is 0. The third-order valence-electron chi connectivity index (χ3n) is 2.08. The van der Waals surface area contributed by atoms with Crippen LogP contribution in [0.25, 0.3) is 0 Å². The van der Waals surface area contributed by atoms with Gasteiger partial charge in [-0.3, -0.25) is 0 Å². The fraction of sp³-hybridized carbons (Fsp3) is 0.714. The van der Waals surface area contributed by atoms with Gasteiger partial charge < -0.3 is 5.32 Å². The van der Waals surface area contributed by atoms with Gasteiger partial charge in [-0.1, -0.05) is 0 Å². The third kappa shape index (κ3) is 1.95. The first-order valence-electron chi connectivity index (χ1n) is 4.01. The Balaban J connectivity index is 0.000000720. The fourth-order valence-electron chi connectivity index (χ4n) is 1.47. The van der Waals surface area contributed by atoms with Gasteiger partial charge in [-0.2, -0.15) is 5.10 Å². The average Bonchev–Trinajstić information content (AvgIpc) is 2.58. The predicted octanol–water partition coefficient (Wildman–Crippen LogP) is 0.624. The molecule has 0 radical (unpaired) electrons. The van der Waals surface area contributed by atoms with Crippen molar-refractivity contribution in [2.24, 2.45) is 0 Å². The molecule has 0 saturated carbocycles. The van der Waals surface area contributed by atoms with Crippen molar-refractivity contribution in [2.75, 3.05) is 13.1 Å². The Morgan fingerprint density at radius 1 is 1.50 bits per heavy atom. The molecule has 0 bridgehead atoms. The quantitative estimate of drug-likeness (QED) is 0.703. The predicted molar refractivity (Wildman–Crippen MR) is 48.4 cm³/mol. The maximum absolute atomic E-state index is 4.11. The molecule has 0 aromatic carbocycles. The molecule has 1 aromatic heterocycles. The number of piperidine rings is 1. The largest absolute Gasteiger partial charge is 0.315 e. The van der Waals surface area contributed by atoms with Crippen LogP contribution in [0.4, 0.5) is 0 Å². The number of aromatic nitrogens is 3. The molecule has 1 aromatic rings. The van der Waals surface area contributed by atoms with E-state index in [2.05, 4.69) is 15.4 Å². The zero-order chi connectivity index (χ0) is 7.52. The lowest BCUT2D eigenvalue weighted by atomic mass is 10.1. The molecule has 1 aliphatic rings. The summed E-state index contributed by atoms with van der Waals surface area (Å²) in [4.78, 5) is 3.92. The van der Waals surface area contributed by atoms with E-state index < -0.39 is 0 Å². The van der Waals surface area contributed by atoms with E-state index in [1.165, 1.54) is 12.8 Å². The number of halogens is 1. The summed E-state index contributed by atoms with van der Waals surface area (Å²) in [7, 11) is 0. The monoisotopic (exact) mass is 188 g/mol. The standard InChI is InChI=1S/C7H12N4.ClH/c1-2-7(4-8-3-1)11-6-9-5-10-11;/h5-8H,1-4H2;1H. The molecule has 0 aliphatic carbocycles. The second-order valence-electron chi connectivity index (χ2n) is 2.88. The van der Waals surface area contributed by atoms with Crippen molar-refractivity contribution >= 4 is 12.4 Å². The van der Waals surface area contributed by atoms with Crippen molar-refractivity contribution in [1.29, 1.82) is 0 Å². The highest BCUT2D eigenvalue weighted by molar-refractivity contribution is 5.85. The fourth-order valence-corrected chi connectivity index (χ4v) is 1.47. The second kappa shape index (κ2) is 4.42. The van der Waals surface area contributed by atoms with Crippen LogP contribution in [0.5, 0.6) is 0 Å². The van der Waals surface area contributed by atoms with Crippen molar-refractivity contribution in [3.8, 4) is 0 Å². The van der Waals surface area contributed by atoms with Gasteiger partial charge in [0.2, 0.25) is 0 Å². The molecule has 2 rings (SSSR count). The van der Waals surface area contributed by atoms with E-state index in [-0.39, 0.29) is 12.4 Å². The van der Waals surface area contributed by atoms with Crippen LogP contribution in [-0.4, -0.2) is 27.9 Å². The van der Waals surface area contributed by atoms with Gasteiger partial charge in [0.05, 0.1) is 6.04 Å². The van der Waals surface area contributed by atoms with E-state index in [9.17, 15) is 0 Å². The van der Waals surface area contributed by atoms with E-state index in [0.29, 0.717) is 6.04 Å². The Bertz CT molecular complexity index is 205. The van der Waals surface area contributed by atoms with Crippen molar-refractivity contribution in [3.05, 3.63) is 12.7 Å². The SMILES string of the molecule is Cl.c1ncn(C2CCCNC2)n1. The normalized spacial score (nSPS) is 23.2. The second-order valence-corrected chi connectivity index (χ2v) is 2.88. The van der Waals surface area contributed by atoms with Gasteiger partial charge in [-0.15, -0.1) is 12.4 Å². The van der Waals surface area contributed by atoms with E-state index in [1.807, 2.05) is 4.68 Å². The minimum Gasteiger partial charge on any atom is -0.315 e. The summed E-state index contributed by atoms with van der Waals surface area (Å²) in [5, 5.41) is 7.44. The summed E-state index contributed by atoms with van der Waals surface area (Å²) in [6.07, 6.45) is 5.84. The molecule has 1 atom stereocenters. The van der Waals surface area contributed by atoms with Gasteiger partial charge >= 0.3 is 0 Å². The zero-order valence-electron chi connectivity index (χ0n) is 6.81. The summed E-state index contributed by atoms with van der Waals surface area (Å²) in [6, 6.07) is 0.520. The van der Waals surface area contributed by atoms with Crippen LogP contribution in [0.15, 0.2) is 12.7 Å². The van der Waals surface area contributed by atoms with Gasteiger partial charge in [0.25, 0.3) is 0 Å². The summed E-state index contributed by atoms with van der Waals surface area (Å²) < 4.78 is 1.94. The first-order valence-corrected chi connectivity index (χ1v) is 4.01. The van der Waals surface area contributed by atoms with Crippen LogP contribution < -0.4 is 5.32 Å². The van der Waals surface area contributed by atoms with Gasteiger partial charge in [0.15, 0.2) is 0 Å². The highest BCUT2D eigenvalue weighted by Gasteiger charge is 2.14. The Morgan fingerprint density at radius 2 is 2.42 bits per heavy atom. The number of nitrogens with one attached hydrogen (secondary N) is 1. The number of nitrogens with zero attached hydrogens (tertiary/aromatic N) is 3. The lowest BCUT2D eigenvalue weighted by molar-refractivity contribution is 0.346. The molecule has 12 heavy (non-hydrogen) atoms. The molecule has 1 unspecified atom stereocenters. The lowest BCUT2D eigenvalue weighted by Gasteiger charge is -2.22.